The number of hydrogen-bond donors (Lipinski definition) is 13. The zero-order chi connectivity index (χ0) is 49.9. The number of carbonyl (C=O) groups is 10. The Bertz CT molecular complexity index is 1690. The van der Waals surface area contributed by atoms with Crippen LogP contribution in [0, 0.1) is 17.8 Å². The number of carbonyl (C=O) groups excluding carboxylic acids is 9. The molecule has 1 saturated heterocycles. The van der Waals surface area contributed by atoms with Crippen molar-refractivity contribution in [2.24, 2.45) is 29.2 Å². The number of aliphatic carboxylic acids is 1. The summed E-state index contributed by atoms with van der Waals surface area (Å²) in [5.41, 5.74) is 11.2. The average Bonchev–Trinajstić information content (AvgIpc) is 3.72. The quantitative estimate of drug-likeness (QED) is 0.0348. The van der Waals surface area contributed by atoms with Gasteiger partial charge in [0.15, 0.2) is 0 Å². The van der Waals surface area contributed by atoms with Gasteiger partial charge in [-0.2, -0.15) is 37.0 Å². The highest BCUT2D eigenvalue weighted by Crippen LogP contribution is 2.21. The monoisotopic (exact) mass is 978 g/mol. The van der Waals surface area contributed by atoms with Crippen LogP contribution in [0.25, 0.3) is 0 Å². The van der Waals surface area contributed by atoms with Crippen molar-refractivity contribution in [3.05, 3.63) is 0 Å². The van der Waals surface area contributed by atoms with Gasteiger partial charge in [-0.3, -0.25) is 43.2 Å². The van der Waals surface area contributed by atoms with Crippen molar-refractivity contribution >= 4 is 96.2 Å². The number of primary amides is 1. The number of thioether (sulfide) groups is 1. The van der Waals surface area contributed by atoms with Crippen molar-refractivity contribution in [2.75, 3.05) is 30.1 Å². The number of amides is 9. The predicted molar refractivity (Wildman–Crippen MR) is 249 cm³/mol. The Hall–Kier alpha value is -4.33. The molecule has 65 heavy (non-hydrogen) atoms. The molecule has 0 unspecified atom stereocenters. The summed E-state index contributed by atoms with van der Waals surface area (Å²) in [7, 11) is 0. The Morgan fingerprint density at radius 3 is 1.65 bits per heavy atom. The van der Waals surface area contributed by atoms with Crippen LogP contribution in [0.4, 0.5) is 0 Å². The fourth-order valence-corrected chi connectivity index (χ4v) is 7.56. The summed E-state index contributed by atoms with van der Waals surface area (Å²) in [4.78, 5) is 133. The molecule has 1 heterocycles. The molecule has 0 spiro atoms. The largest absolute Gasteiger partial charge is 0.480 e. The van der Waals surface area contributed by atoms with Crippen LogP contribution < -0.4 is 48.7 Å². The van der Waals surface area contributed by atoms with Crippen molar-refractivity contribution in [1.82, 2.24) is 42.1 Å². The van der Waals surface area contributed by atoms with Gasteiger partial charge in [0, 0.05) is 18.1 Å². The Labute approximate surface area is 395 Å². The van der Waals surface area contributed by atoms with Crippen LogP contribution >= 0.6 is 37.0 Å². The van der Waals surface area contributed by atoms with Gasteiger partial charge in [0.2, 0.25) is 53.2 Å². The van der Waals surface area contributed by atoms with Crippen LogP contribution in [0.3, 0.4) is 0 Å². The molecular formula is C40H70N10O12S3. The maximum absolute atomic E-state index is 14.1. The van der Waals surface area contributed by atoms with Gasteiger partial charge < -0.3 is 63.8 Å². The van der Waals surface area contributed by atoms with Crippen LogP contribution in [0.5, 0.6) is 0 Å². The molecule has 0 radical (unpaired) electrons. The first kappa shape index (κ1) is 58.7. The van der Waals surface area contributed by atoms with Gasteiger partial charge in [0.05, 0.1) is 18.6 Å². The van der Waals surface area contributed by atoms with Gasteiger partial charge in [-0.05, 0) is 62.4 Å². The number of aliphatic hydroxyl groups excluding tert-OH is 1. The molecule has 1 aliphatic rings. The van der Waals surface area contributed by atoms with E-state index in [1.807, 2.05) is 0 Å². The summed E-state index contributed by atoms with van der Waals surface area (Å²) in [6.07, 6.45) is 0.259. The van der Waals surface area contributed by atoms with Gasteiger partial charge in [-0.15, -0.1) is 0 Å². The standard InChI is InChI=1S/C40H70N10O12S3/c1-18(2)14-24(34(55)47-30(20(5)6)37(58)48-29(19(3)4)36(57)46-26(17-64)40(61)62)44-35(56)27-10-9-12-50(27)39(60)25(15-28(42)52)45-33(54)23(11-13-65-8)43-38(59)31(21(7)51)49-32(53)22(41)16-63/h18-27,29-31,51,63-64H,9-17,41H2,1-8H3,(H2,42,52)(H,43,59)(H,44,56)(H,45,54)(H,46,57)(H,47,55)(H,48,58)(H,49,53)(H,61,62)/t21-,22+,23+,24+,25+,26+,27+,29+,30+,31+/m1/s1. The lowest BCUT2D eigenvalue weighted by atomic mass is 9.98. The van der Waals surface area contributed by atoms with Crippen molar-refractivity contribution < 1.29 is 58.2 Å². The van der Waals surface area contributed by atoms with Crippen LogP contribution in [0.2, 0.25) is 0 Å². The van der Waals surface area contributed by atoms with Crippen molar-refractivity contribution in [2.45, 2.75) is 141 Å². The molecule has 22 nitrogen and oxygen atoms in total. The number of nitrogens with one attached hydrogen (secondary N) is 7. The topological polar surface area (TPSA) is 351 Å². The number of thiol groups is 2. The second-order valence-corrected chi connectivity index (χ2v) is 18.7. The lowest BCUT2D eigenvalue weighted by Crippen LogP contribution is -2.62. The molecule has 9 amide bonds. The molecule has 370 valence electrons. The molecule has 1 rings (SSSR count). The van der Waals surface area contributed by atoms with Crippen molar-refractivity contribution in [3.8, 4) is 0 Å². The number of carboxylic acid groups (broad SMARTS) is 1. The van der Waals surface area contributed by atoms with Crippen LogP contribution in [-0.4, -0.2) is 165 Å². The lowest BCUT2D eigenvalue weighted by Gasteiger charge is -2.31. The number of nitrogens with two attached hydrogens (primary N) is 2. The SMILES string of the molecule is CSCC[C@H](NC(=O)[C@@H](NC(=O)[C@@H](N)CS)[C@@H](C)O)C(=O)N[C@@H](CC(N)=O)C(=O)N1CCC[C@H]1C(=O)N[C@@H](CC(C)C)C(=O)N[C@H](C(=O)N[C@H](C(=O)N[C@@H](CS)C(=O)O)C(C)C)C(C)C. The minimum absolute atomic E-state index is 0.0253. The Kier molecular flexibility index (Phi) is 25.9. The third kappa shape index (κ3) is 19.2. The Morgan fingerprint density at radius 2 is 1.17 bits per heavy atom. The van der Waals surface area contributed by atoms with E-state index in [0.717, 1.165) is 4.90 Å². The third-order valence-electron chi connectivity index (χ3n) is 10.3. The molecule has 13 N–H and O–H groups in total. The number of carboxylic acids is 1. The minimum Gasteiger partial charge on any atom is -0.480 e. The van der Waals surface area contributed by atoms with Gasteiger partial charge in [-0.1, -0.05) is 41.5 Å². The molecule has 0 aromatic carbocycles. The average molecular weight is 979 g/mol. The van der Waals surface area contributed by atoms with Crippen LogP contribution in [0.1, 0.15) is 80.6 Å². The molecule has 0 saturated carbocycles. The Morgan fingerprint density at radius 1 is 0.677 bits per heavy atom. The van der Waals surface area contributed by atoms with Crippen molar-refractivity contribution in [3.63, 3.8) is 0 Å². The van der Waals surface area contributed by atoms with Gasteiger partial charge in [0.25, 0.3) is 0 Å². The summed E-state index contributed by atoms with van der Waals surface area (Å²) >= 11 is 9.27. The van der Waals surface area contributed by atoms with E-state index in [0.29, 0.717) is 12.2 Å². The zero-order valence-corrected chi connectivity index (χ0v) is 40.9. The van der Waals surface area contributed by atoms with Crippen LogP contribution in [-0.2, 0) is 47.9 Å². The maximum Gasteiger partial charge on any atom is 0.327 e. The normalized spacial score (nSPS) is 17.9. The number of nitrogens with zero attached hydrogens (tertiary/aromatic N) is 1. The van der Waals surface area contributed by atoms with E-state index in [1.165, 1.54) is 18.7 Å². The first-order valence-electron chi connectivity index (χ1n) is 21.4. The molecule has 0 aromatic rings. The number of aliphatic hydroxyl groups is 1. The second kappa shape index (κ2) is 28.7. The maximum atomic E-state index is 14.1. The molecule has 1 aliphatic heterocycles. The number of rotatable bonds is 28. The lowest BCUT2D eigenvalue weighted by molar-refractivity contribution is -0.143. The fraction of sp³-hybridized carbons (Fsp3) is 0.750. The first-order chi connectivity index (χ1) is 30.3. The zero-order valence-electron chi connectivity index (χ0n) is 38.3. The summed E-state index contributed by atoms with van der Waals surface area (Å²) in [5, 5.41) is 37.3. The van der Waals surface area contributed by atoms with E-state index in [-0.39, 0.29) is 43.2 Å². The smallest absolute Gasteiger partial charge is 0.327 e. The van der Waals surface area contributed by atoms with Gasteiger partial charge in [0.1, 0.15) is 48.3 Å². The Balaban J connectivity index is 3.33. The highest BCUT2D eigenvalue weighted by atomic mass is 32.2. The summed E-state index contributed by atoms with van der Waals surface area (Å²) in [6.45, 7) is 11.5. The van der Waals surface area contributed by atoms with E-state index in [9.17, 15) is 58.2 Å². The number of likely N-dealkylation sites (tertiary alicyclic amines) is 1. The van der Waals surface area contributed by atoms with Gasteiger partial charge >= 0.3 is 5.97 Å². The van der Waals surface area contributed by atoms with E-state index in [1.54, 1.807) is 47.8 Å². The van der Waals surface area contributed by atoms with E-state index in [4.69, 9.17) is 11.5 Å². The molecule has 10 atom stereocenters. The van der Waals surface area contributed by atoms with Crippen molar-refractivity contribution in [1.29, 1.82) is 0 Å². The second-order valence-electron chi connectivity index (χ2n) is 17.0. The van der Waals surface area contributed by atoms with E-state index < -0.39 is 138 Å². The molecule has 0 bridgehead atoms. The number of hydrogen-bond acceptors (Lipinski definition) is 15. The fourth-order valence-electron chi connectivity index (χ4n) is 6.68. The highest BCUT2D eigenvalue weighted by Gasteiger charge is 2.41. The summed E-state index contributed by atoms with van der Waals surface area (Å²) in [5.74, 6) is -9.76. The molecule has 25 heteroatoms. The van der Waals surface area contributed by atoms with E-state index in [2.05, 4.69) is 62.5 Å². The molecular weight excluding hydrogens is 909 g/mol. The summed E-state index contributed by atoms with van der Waals surface area (Å²) in [6, 6.07) is -11.6. The molecule has 0 aromatic heterocycles. The third-order valence-corrected chi connectivity index (χ3v) is 11.7. The van der Waals surface area contributed by atoms with Crippen LogP contribution in [0.15, 0.2) is 0 Å². The van der Waals surface area contributed by atoms with Gasteiger partial charge in [-0.25, -0.2) is 4.79 Å². The molecule has 1 fully saturated rings. The van der Waals surface area contributed by atoms with E-state index >= 15 is 0 Å². The highest BCUT2D eigenvalue weighted by molar-refractivity contribution is 7.98. The molecule has 0 aliphatic carbocycles. The predicted octanol–water partition coefficient (Wildman–Crippen LogP) is -2.99. The summed E-state index contributed by atoms with van der Waals surface area (Å²) < 4.78 is 0. The first-order valence-corrected chi connectivity index (χ1v) is 24.1. The minimum atomic E-state index is -1.59.